The summed E-state index contributed by atoms with van der Waals surface area (Å²) in [5.41, 5.74) is 2.86. The van der Waals surface area contributed by atoms with Crippen molar-refractivity contribution in [1.82, 2.24) is 4.98 Å². The van der Waals surface area contributed by atoms with Crippen LogP contribution >= 0.6 is 11.6 Å². The number of benzene rings is 3. The van der Waals surface area contributed by atoms with Gasteiger partial charge in [-0.15, -0.1) is 0 Å². The summed E-state index contributed by atoms with van der Waals surface area (Å²) in [6.45, 7) is 0. The molecule has 6 heteroatoms. The van der Waals surface area contributed by atoms with Crippen molar-refractivity contribution in [3.05, 3.63) is 81.9 Å². The molecule has 0 unspecified atom stereocenters. The van der Waals surface area contributed by atoms with Crippen molar-refractivity contribution in [1.29, 1.82) is 0 Å². The molecule has 0 aliphatic rings. The quantitative estimate of drug-likeness (QED) is 0.475. The number of halogens is 2. The topological polar surface area (TPSA) is 56.3 Å². The average Bonchev–Trinajstić information content (AvgIpc) is 2.68. The Morgan fingerprint density at radius 1 is 1.00 bits per heavy atom. The number of hydrogen-bond donors (Lipinski definition) is 2. The van der Waals surface area contributed by atoms with Crippen molar-refractivity contribution in [2.75, 3.05) is 19.0 Å². The summed E-state index contributed by atoms with van der Waals surface area (Å²) < 4.78 is 13.6. The fourth-order valence-electron chi connectivity index (χ4n) is 3.37. The van der Waals surface area contributed by atoms with Crippen LogP contribution in [0.2, 0.25) is 5.02 Å². The van der Waals surface area contributed by atoms with E-state index >= 15 is 0 Å². The van der Waals surface area contributed by atoms with Gasteiger partial charge in [0.1, 0.15) is 11.6 Å². The molecule has 0 radical (unpaired) electrons. The van der Waals surface area contributed by atoms with Crippen LogP contribution in [0, 0.1) is 5.82 Å². The Morgan fingerprint density at radius 2 is 1.72 bits per heavy atom. The maximum atomic E-state index is 13.6. The Morgan fingerprint density at radius 3 is 2.38 bits per heavy atom. The molecule has 0 amide bonds. The molecular formula is C23H18ClFN2O2. The molecule has 0 bridgehead atoms. The fourth-order valence-corrected chi connectivity index (χ4v) is 3.64. The molecule has 0 saturated carbocycles. The summed E-state index contributed by atoms with van der Waals surface area (Å²) in [5.74, 6) is -0.698. The molecule has 0 saturated heterocycles. The Bertz CT molecular complexity index is 1280. The number of H-pyrrole nitrogens is 1. The van der Waals surface area contributed by atoms with Gasteiger partial charge in [-0.05, 0) is 47.5 Å². The predicted octanol–water partition coefficient (Wildman–Crippen LogP) is 5.43. The minimum absolute atomic E-state index is 0.0215. The highest BCUT2D eigenvalue weighted by molar-refractivity contribution is 6.34. The van der Waals surface area contributed by atoms with E-state index in [-0.39, 0.29) is 11.3 Å². The maximum absolute atomic E-state index is 13.6. The van der Waals surface area contributed by atoms with Crippen LogP contribution in [0.5, 0.6) is 5.75 Å². The second kappa shape index (κ2) is 7.26. The largest absolute Gasteiger partial charge is 0.506 e. The maximum Gasteiger partial charge on any atom is 0.260 e. The predicted molar refractivity (Wildman–Crippen MR) is 116 cm³/mol. The molecule has 1 aromatic heterocycles. The van der Waals surface area contributed by atoms with Crippen LogP contribution in [-0.2, 0) is 0 Å². The van der Waals surface area contributed by atoms with Gasteiger partial charge < -0.3 is 15.0 Å². The SMILES string of the molecule is CN(C)c1ccc(-c2cc3c(O)c(-c4cccc(F)c4)c(=O)[nH]c3cc2Cl)cc1. The van der Waals surface area contributed by atoms with E-state index < -0.39 is 11.4 Å². The standard InChI is InChI=1S/C23H18ClFN2O2/c1-27(2)16-8-6-13(7-9-16)17-11-18-20(12-19(17)24)26-23(29)21(22(18)28)14-4-3-5-15(25)10-14/h3-12H,1-2H3,(H2,26,28,29). The number of anilines is 1. The monoisotopic (exact) mass is 408 g/mol. The Labute approximate surface area is 171 Å². The zero-order chi connectivity index (χ0) is 20.7. The van der Waals surface area contributed by atoms with Gasteiger partial charge in [0, 0.05) is 30.7 Å². The molecule has 3 aromatic carbocycles. The highest BCUT2D eigenvalue weighted by atomic mass is 35.5. The molecule has 2 N–H and O–H groups in total. The molecule has 0 atom stereocenters. The molecule has 146 valence electrons. The molecule has 0 spiro atoms. The first kappa shape index (κ1) is 19.0. The van der Waals surface area contributed by atoms with Gasteiger partial charge in [0.25, 0.3) is 5.56 Å². The molecule has 29 heavy (non-hydrogen) atoms. The van der Waals surface area contributed by atoms with Gasteiger partial charge in [-0.1, -0.05) is 35.9 Å². The van der Waals surface area contributed by atoms with Gasteiger partial charge in [0.2, 0.25) is 0 Å². The van der Waals surface area contributed by atoms with E-state index in [1.165, 1.54) is 18.2 Å². The van der Waals surface area contributed by atoms with Crippen LogP contribution in [0.4, 0.5) is 10.1 Å². The van der Waals surface area contributed by atoms with Gasteiger partial charge in [0.05, 0.1) is 16.1 Å². The highest BCUT2D eigenvalue weighted by Crippen LogP contribution is 2.38. The number of fused-ring (bicyclic) bond motifs is 1. The number of nitrogens with zero attached hydrogens (tertiary/aromatic N) is 1. The number of pyridine rings is 1. The summed E-state index contributed by atoms with van der Waals surface area (Å²) in [7, 11) is 3.92. The Hall–Kier alpha value is -3.31. The smallest absolute Gasteiger partial charge is 0.260 e. The van der Waals surface area contributed by atoms with Crippen LogP contribution in [0.15, 0.2) is 65.5 Å². The summed E-state index contributed by atoms with van der Waals surface area (Å²) in [4.78, 5) is 17.3. The van der Waals surface area contributed by atoms with Crippen LogP contribution in [0.3, 0.4) is 0 Å². The second-order valence-electron chi connectivity index (χ2n) is 7.01. The van der Waals surface area contributed by atoms with E-state index in [0.29, 0.717) is 21.5 Å². The van der Waals surface area contributed by atoms with Crippen molar-refractivity contribution in [2.24, 2.45) is 0 Å². The van der Waals surface area contributed by atoms with Crippen molar-refractivity contribution in [2.45, 2.75) is 0 Å². The van der Waals surface area contributed by atoms with Gasteiger partial charge >= 0.3 is 0 Å². The Kier molecular flexibility index (Phi) is 4.76. The molecule has 1 heterocycles. The average molecular weight is 409 g/mol. The highest BCUT2D eigenvalue weighted by Gasteiger charge is 2.17. The van der Waals surface area contributed by atoms with E-state index in [9.17, 15) is 14.3 Å². The zero-order valence-electron chi connectivity index (χ0n) is 15.8. The number of rotatable bonds is 3. The third-order valence-corrected chi connectivity index (χ3v) is 5.20. The first-order valence-corrected chi connectivity index (χ1v) is 9.35. The molecule has 0 aliphatic heterocycles. The van der Waals surface area contributed by atoms with Crippen molar-refractivity contribution in [3.8, 4) is 28.0 Å². The van der Waals surface area contributed by atoms with Crippen LogP contribution in [0.1, 0.15) is 0 Å². The van der Waals surface area contributed by atoms with E-state index in [1.807, 2.05) is 43.3 Å². The minimum Gasteiger partial charge on any atom is -0.506 e. The summed E-state index contributed by atoms with van der Waals surface area (Å²) in [5, 5.41) is 11.7. The van der Waals surface area contributed by atoms with E-state index in [4.69, 9.17) is 11.6 Å². The lowest BCUT2D eigenvalue weighted by atomic mass is 9.99. The summed E-state index contributed by atoms with van der Waals surface area (Å²) >= 11 is 6.46. The van der Waals surface area contributed by atoms with Gasteiger partial charge in [-0.2, -0.15) is 0 Å². The normalized spacial score (nSPS) is 11.0. The van der Waals surface area contributed by atoms with Crippen molar-refractivity contribution < 1.29 is 9.50 Å². The molecule has 0 fully saturated rings. The lowest BCUT2D eigenvalue weighted by Gasteiger charge is -2.14. The fraction of sp³-hybridized carbons (Fsp3) is 0.0870. The van der Waals surface area contributed by atoms with Crippen LogP contribution in [-0.4, -0.2) is 24.2 Å². The number of hydrogen-bond acceptors (Lipinski definition) is 3. The number of aromatic amines is 1. The lowest BCUT2D eigenvalue weighted by Crippen LogP contribution is -2.09. The third-order valence-electron chi connectivity index (χ3n) is 4.88. The van der Waals surface area contributed by atoms with E-state index in [1.54, 1.807) is 18.2 Å². The van der Waals surface area contributed by atoms with E-state index in [2.05, 4.69) is 4.98 Å². The van der Waals surface area contributed by atoms with Crippen molar-refractivity contribution in [3.63, 3.8) is 0 Å². The zero-order valence-corrected chi connectivity index (χ0v) is 16.6. The Balaban J connectivity index is 1.93. The first-order chi connectivity index (χ1) is 13.8. The molecule has 4 nitrogen and oxygen atoms in total. The van der Waals surface area contributed by atoms with Gasteiger partial charge in [-0.25, -0.2) is 4.39 Å². The van der Waals surface area contributed by atoms with Gasteiger partial charge in [0.15, 0.2) is 0 Å². The third kappa shape index (κ3) is 3.45. The summed E-state index contributed by atoms with van der Waals surface area (Å²) in [6.07, 6.45) is 0. The number of nitrogens with one attached hydrogen (secondary N) is 1. The molecule has 4 aromatic rings. The molecule has 0 aliphatic carbocycles. The lowest BCUT2D eigenvalue weighted by molar-refractivity contribution is 0.482. The summed E-state index contributed by atoms with van der Waals surface area (Å²) in [6, 6.07) is 16.7. The number of aromatic nitrogens is 1. The molecule has 4 rings (SSSR count). The molecular weight excluding hydrogens is 391 g/mol. The second-order valence-corrected chi connectivity index (χ2v) is 7.41. The van der Waals surface area contributed by atoms with Crippen molar-refractivity contribution >= 4 is 28.2 Å². The first-order valence-electron chi connectivity index (χ1n) is 8.97. The van der Waals surface area contributed by atoms with Crippen LogP contribution < -0.4 is 10.5 Å². The van der Waals surface area contributed by atoms with E-state index in [0.717, 1.165) is 16.8 Å². The van der Waals surface area contributed by atoms with Crippen LogP contribution in [0.25, 0.3) is 33.2 Å². The number of aromatic hydroxyl groups is 1. The van der Waals surface area contributed by atoms with Gasteiger partial charge in [-0.3, -0.25) is 4.79 Å². The minimum atomic E-state index is -0.514.